The van der Waals surface area contributed by atoms with Crippen LogP contribution in [0.2, 0.25) is 0 Å². The first-order chi connectivity index (χ1) is 33.3. The predicted molar refractivity (Wildman–Crippen MR) is 231 cm³/mol. The summed E-state index contributed by atoms with van der Waals surface area (Å²) >= 11 is 0. The molecule has 18 N–H and O–H groups in total. The fraction of sp³-hybridized carbons (Fsp3) is 0.583. The number of urea groups is 1. The third kappa shape index (κ3) is 12.0. The Bertz CT molecular complexity index is 2670. The maximum atomic E-state index is 11.8. The summed E-state index contributed by atoms with van der Waals surface area (Å²) in [6.45, 7) is -0.928. The maximum absolute atomic E-state index is 11.8. The van der Waals surface area contributed by atoms with E-state index < -0.39 is 114 Å². The van der Waals surface area contributed by atoms with Crippen molar-refractivity contribution in [3.63, 3.8) is 0 Å². The van der Waals surface area contributed by atoms with Crippen LogP contribution in [0.15, 0.2) is 50.9 Å². The zero-order chi connectivity index (χ0) is 51.1. The quantitative estimate of drug-likeness (QED) is 0.0547. The first-order valence-electron chi connectivity index (χ1n) is 21.0. The molecule has 0 spiro atoms. The van der Waals surface area contributed by atoms with Crippen LogP contribution >= 0.6 is 0 Å². The van der Waals surface area contributed by atoms with Gasteiger partial charge in [0.2, 0.25) is 5.65 Å². The molecule has 4 saturated heterocycles. The summed E-state index contributed by atoms with van der Waals surface area (Å²) in [6.07, 6.45) is -4.51. The number of aliphatic hydroxyl groups excluding tert-OH is 8. The number of ether oxygens (including phenoxy) is 4. The Morgan fingerprint density at radius 3 is 1.63 bits per heavy atom. The van der Waals surface area contributed by atoms with Crippen molar-refractivity contribution in [1.82, 2.24) is 54.3 Å². The normalized spacial score (nSPS) is 30.4. The zero-order valence-electron chi connectivity index (χ0n) is 36.5. The maximum Gasteiger partial charge on any atom is 0.352 e. The Labute approximate surface area is 391 Å². The largest absolute Gasteiger partial charge is 0.395 e. The van der Waals surface area contributed by atoms with Gasteiger partial charge in [0.25, 0.3) is 5.70 Å². The van der Waals surface area contributed by atoms with Gasteiger partial charge < -0.3 is 88.1 Å². The number of aliphatic hydroxyl groups is 8. The highest BCUT2D eigenvalue weighted by Gasteiger charge is 2.44. The molecule has 9 heterocycles. The standard InChI is InChI=1S/C9H11N5O4.C9H14N4O6.C9H14N4O4.C9H13N3O4/c15-3-4-1-6(16)8(18-4)14-2-5-7(10-9(14)17)12-13-11-5;10-7-5(13(17)18)2-12(9(16)11-7)8-6(15)1-4(3-14)19-8;10-5-2-13(9(16)12-7(5)11)8-6(15)1-4(3-14)17-8;10-7-1-2-12(9(15)11-7)8-6(14)3-5(4-13)16-8/h2,4,6,8,15-16H,1,3H2,(H,10,11,12,17);2,4,6-8,14-15H,1,3,10H2,(H,11,16);2,4,6,8,14-15H,1,3,10H2,(H2,11,12,16);1-2,5-6,8,13-14H,3-4H2,(H2,10,11,15)/t4-,6-,8+;4-,6-,7?,8+;4-,6-,8+;5-,6-,8+/m0000/s1. The predicted octanol–water partition coefficient (Wildman–Crippen LogP) is -7.45. The molecular weight excluding hydrogens is 944 g/mol. The van der Waals surface area contributed by atoms with E-state index in [9.17, 15) is 49.7 Å². The molecule has 0 saturated carbocycles. The topological polar surface area (TPSA) is 525 Å². The molecule has 2 amide bonds. The minimum absolute atomic E-state index is 0.0579. The molecule has 5 aliphatic rings. The van der Waals surface area contributed by atoms with Gasteiger partial charge in [0.1, 0.15) is 35.8 Å². The number of nitrogens with zero attached hydrogens (tertiary/aromatic N) is 10. The van der Waals surface area contributed by atoms with Gasteiger partial charge >= 0.3 is 23.1 Å². The summed E-state index contributed by atoms with van der Waals surface area (Å²) in [5, 5.41) is 97.5. The number of hydrogen-bond donors (Lipinski definition) is 14. The molecule has 34 heteroatoms. The van der Waals surface area contributed by atoms with Crippen molar-refractivity contribution >= 4 is 34.5 Å². The fourth-order valence-corrected chi connectivity index (χ4v) is 7.53. The van der Waals surface area contributed by atoms with Crippen LogP contribution < -0.4 is 45.3 Å². The number of carbonyl (C=O) groups is 1. The van der Waals surface area contributed by atoms with Crippen molar-refractivity contribution in [2.45, 2.75) is 106 Å². The molecule has 0 radical (unpaired) electrons. The van der Waals surface area contributed by atoms with E-state index in [0.717, 1.165) is 20.2 Å². The van der Waals surface area contributed by atoms with Crippen molar-refractivity contribution in [3.8, 4) is 0 Å². The van der Waals surface area contributed by atoms with Crippen molar-refractivity contribution in [2.75, 3.05) is 43.6 Å². The molecule has 0 aliphatic carbocycles. The van der Waals surface area contributed by atoms with Crippen LogP contribution in [-0.2, 0) is 18.9 Å². The molecule has 4 aromatic rings. The summed E-state index contributed by atoms with van der Waals surface area (Å²) < 4.78 is 24.7. The molecule has 384 valence electrons. The SMILES string of the molecule is NC1NC(=O)N([C@@H]2O[C@H](CO)C[C@@H]2O)C=C1[N+](=O)[O-].Nc1ccn([C@@H]2O[C@H](CO)C[C@@H]2O)c(=O)n1.Nc1cn([C@@H]2O[C@H](CO)C[C@@H]2O)c(=O)nc1N.O=c1nc2nn[nH]c2cn1[C@@H]1O[C@H](CO)C[C@@H]1O. The van der Waals surface area contributed by atoms with E-state index in [4.69, 9.17) is 62.3 Å². The minimum Gasteiger partial charge on any atom is -0.395 e. The highest BCUT2D eigenvalue weighted by atomic mass is 16.6. The molecule has 0 bridgehead atoms. The van der Waals surface area contributed by atoms with Crippen molar-refractivity contribution in [2.24, 2.45) is 5.73 Å². The van der Waals surface area contributed by atoms with Gasteiger partial charge in [0.15, 0.2) is 36.9 Å². The number of aromatic amines is 1. The first-order valence-corrected chi connectivity index (χ1v) is 21.0. The van der Waals surface area contributed by atoms with E-state index >= 15 is 0 Å². The summed E-state index contributed by atoms with van der Waals surface area (Å²) in [7, 11) is 0. The molecule has 0 aromatic carbocycles. The second-order valence-corrected chi connectivity index (χ2v) is 16.0. The lowest BCUT2D eigenvalue weighted by Gasteiger charge is -2.31. The summed E-state index contributed by atoms with van der Waals surface area (Å²) in [4.78, 5) is 68.2. The molecule has 4 fully saturated rings. The van der Waals surface area contributed by atoms with Gasteiger partial charge in [0, 0.05) is 44.3 Å². The third-order valence-electron chi connectivity index (χ3n) is 11.0. The lowest BCUT2D eigenvalue weighted by Crippen LogP contribution is -2.57. The molecule has 1 unspecified atom stereocenters. The number of aromatic nitrogens is 9. The van der Waals surface area contributed by atoms with Crippen molar-refractivity contribution < 1.29 is 69.5 Å². The van der Waals surface area contributed by atoms with Gasteiger partial charge in [-0.3, -0.25) is 33.8 Å². The Balaban J connectivity index is 0.000000153. The average Bonchev–Trinajstić information content (AvgIpc) is 4.17. The van der Waals surface area contributed by atoms with Gasteiger partial charge in [-0.1, -0.05) is 5.21 Å². The minimum atomic E-state index is -1.22. The Hall–Kier alpha value is -6.67. The highest BCUT2D eigenvalue weighted by Crippen LogP contribution is 2.30. The van der Waals surface area contributed by atoms with Crippen LogP contribution in [0.5, 0.6) is 0 Å². The smallest absolute Gasteiger partial charge is 0.352 e. The second-order valence-electron chi connectivity index (χ2n) is 16.0. The number of hydrogen-bond acceptors (Lipinski definition) is 27. The lowest BCUT2D eigenvalue weighted by atomic mass is 10.2. The summed E-state index contributed by atoms with van der Waals surface area (Å²) in [6, 6.07) is 0.741. The number of nitrogen functional groups attached to an aromatic ring is 3. The second kappa shape index (κ2) is 22.8. The molecular formula is C36H52N16O18. The van der Waals surface area contributed by atoms with E-state index in [2.05, 4.69) is 35.7 Å². The molecule has 34 nitrogen and oxygen atoms in total. The average molecular weight is 997 g/mol. The third-order valence-corrected chi connectivity index (χ3v) is 11.0. The number of nitrogens with two attached hydrogens (primary N) is 4. The van der Waals surface area contributed by atoms with E-state index in [1.165, 1.54) is 29.2 Å². The van der Waals surface area contributed by atoms with Gasteiger partial charge in [-0.05, 0) is 6.07 Å². The number of fused-ring (bicyclic) bond motifs is 1. The number of nitro groups is 1. The van der Waals surface area contributed by atoms with Gasteiger partial charge in [-0.2, -0.15) is 15.0 Å². The fourth-order valence-electron chi connectivity index (χ4n) is 7.53. The number of anilines is 3. The number of rotatable bonds is 9. The number of amides is 2. The van der Waals surface area contributed by atoms with E-state index in [0.29, 0.717) is 5.52 Å². The van der Waals surface area contributed by atoms with Crippen LogP contribution in [-0.4, -0.2) is 188 Å². The Morgan fingerprint density at radius 1 is 0.686 bits per heavy atom. The van der Waals surface area contributed by atoms with Crippen molar-refractivity contribution in [1.29, 1.82) is 0 Å². The molecule has 4 aromatic heterocycles. The molecule has 13 atom stereocenters. The van der Waals surface area contributed by atoms with Crippen LogP contribution in [0.3, 0.4) is 0 Å². The van der Waals surface area contributed by atoms with Crippen LogP contribution in [0.1, 0.15) is 44.4 Å². The molecule has 70 heavy (non-hydrogen) atoms. The van der Waals surface area contributed by atoms with Crippen LogP contribution in [0.25, 0.3) is 11.2 Å². The van der Waals surface area contributed by atoms with Crippen LogP contribution in [0, 0.1) is 10.1 Å². The molecule has 5 aliphatic heterocycles. The van der Waals surface area contributed by atoms with Gasteiger partial charge in [0.05, 0.1) is 67.7 Å². The Morgan fingerprint density at radius 2 is 1.14 bits per heavy atom. The highest BCUT2D eigenvalue weighted by molar-refractivity contribution is 5.77. The van der Waals surface area contributed by atoms with Crippen LogP contribution in [0.4, 0.5) is 22.1 Å². The number of H-pyrrole nitrogens is 1. The van der Waals surface area contributed by atoms with Gasteiger partial charge in [-0.15, -0.1) is 5.10 Å². The monoisotopic (exact) mass is 996 g/mol. The number of carbonyl (C=O) groups excluding carboxylic acids is 1. The van der Waals surface area contributed by atoms with E-state index in [-0.39, 0.29) is 75.1 Å². The van der Waals surface area contributed by atoms with Crippen molar-refractivity contribution in [3.05, 3.63) is 78.1 Å². The first kappa shape index (κ1) is 52.7. The lowest BCUT2D eigenvalue weighted by molar-refractivity contribution is -0.432. The van der Waals surface area contributed by atoms with Gasteiger partial charge in [-0.25, -0.2) is 19.2 Å². The molecule has 9 rings (SSSR count). The number of nitrogens with one attached hydrogen (secondary N) is 2. The van der Waals surface area contributed by atoms with E-state index in [1.54, 1.807) is 0 Å². The zero-order valence-corrected chi connectivity index (χ0v) is 36.5. The Kier molecular flexibility index (Phi) is 17.2. The summed E-state index contributed by atoms with van der Waals surface area (Å²) in [5.74, 6) is 0.0601. The van der Waals surface area contributed by atoms with E-state index in [1.807, 2.05) is 0 Å². The summed E-state index contributed by atoms with van der Waals surface area (Å²) in [5.41, 5.74) is 20.3.